The average molecular weight is 543 g/mol. The second-order valence-electron chi connectivity index (χ2n) is 7.13. The van der Waals surface area contributed by atoms with Gasteiger partial charge in [0.2, 0.25) is 5.75 Å². The molecule has 172 valence electrons. The van der Waals surface area contributed by atoms with E-state index in [-0.39, 0.29) is 24.0 Å². The lowest BCUT2D eigenvalue weighted by molar-refractivity contribution is 0.268. The van der Waals surface area contributed by atoms with Gasteiger partial charge in [-0.3, -0.25) is 4.99 Å². The van der Waals surface area contributed by atoms with E-state index in [9.17, 15) is 0 Å². The van der Waals surface area contributed by atoms with Crippen LogP contribution in [0.15, 0.2) is 41.4 Å². The van der Waals surface area contributed by atoms with Crippen LogP contribution in [0.2, 0.25) is 0 Å². The molecule has 0 amide bonds. The number of hydrogen-bond donors (Lipinski definition) is 2. The molecule has 0 aliphatic heterocycles. The second kappa shape index (κ2) is 13.8. The van der Waals surface area contributed by atoms with Crippen molar-refractivity contribution in [3.05, 3.63) is 47.5 Å². The molecule has 0 spiro atoms. The fraction of sp³-hybridized carbons (Fsp3) is 0.435. The minimum Gasteiger partial charge on any atom is -0.493 e. The zero-order valence-electron chi connectivity index (χ0n) is 19.2. The Bertz CT molecular complexity index is 818. The Morgan fingerprint density at radius 1 is 0.903 bits per heavy atom. The fourth-order valence-electron chi connectivity index (χ4n) is 2.87. The van der Waals surface area contributed by atoms with E-state index in [0.717, 1.165) is 16.9 Å². The third kappa shape index (κ3) is 8.01. The Morgan fingerprint density at radius 2 is 1.52 bits per heavy atom. The number of para-hydroxylation sites is 1. The van der Waals surface area contributed by atoms with Crippen LogP contribution in [0.1, 0.15) is 25.0 Å². The van der Waals surface area contributed by atoms with Gasteiger partial charge in [-0.25, -0.2) is 0 Å². The van der Waals surface area contributed by atoms with Crippen molar-refractivity contribution in [3.8, 4) is 23.0 Å². The lowest BCUT2D eigenvalue weighted by Crippen LogP contribution is -2.36. The van der Waals surface area contributed by atoms with Crippen LogP contribution < -0.4 is 29.6 Å². The van der Waals surface area contributed by atoms with Gasteiger partial charge in [-0.1, -0.05) is 32.0 Å². The van der Waals surface area contributed by atoms with E-state index < -0.39 is 0 Å². The minimum atomic E-state index is 0. The van der Waals surface area contributed by atoms with Crippen LogP contribution in [0.25, 0.3) is 0 Å². The summed E-state index contributed by atoms with van der Waals surface area (Å²) in [6.45, 7) is 6.10. The third-order valence-electron chi connectivity index (χ3n) is 4.40. The number of rotatable bonds is 10. The van der Waals surface area contributed by atoms with E-state index in [1.165, 1.54) is 0 Å². The summed E-state index contributed by atoms with van der Waals surface area (Å²) >= 11 is 0. The first-order valence-corrected chi connectivity index (χ1v) is 9.96. The normalized spacial score (nSPS) is 10.9. The summed E-state index contributed by atoms with van der Waals surface area (Å²) in [4.78, 5) is 4.31. The number of guanidine groups is 1. The first-order valence-electron chi connectivity index (χ1n) is 9.96. The summed E-state index contributed by atoms with van der Waals surface area (Å²) in [6.07, 6.45) is 0. The maximum Gasteiger partial charge on any atom is 0.203 e. The Morgan fingerprint density at radius 3 is 2.06 bits per heavy atom. The highest BCUT2D eigenvalue weighted by atomic mass is 127. The van der Waals surface area contributed by atoms with Gasteiger partial charge in [0.05, 0.1) is 27.9 Å². The fourth-order valence-corrected chi connectivity index (χ4v) is 2.87. The Kier molecular flexibility index (Phi) is 11.9. The molecule has 2 aromatic rings. The van der Waals surface area contributed by atoms with Gasteiger partial charge in [-0.2, -0.15) is 0 Å². The lowest BCUT2D eigenvalue weighted by Gasteiger charge is -2.17. The smallest absolute Gasteiger partial charge is 0.203 e. The molecule has 8 heteroatoms. The van der Waals surface area contributed by atoms with Gasteiger partial charge < -0.3 is 29.6 Å². The van der Waals surface area contributed by atoms with Crippen molar-refractivity contribution in [2.75, 3.05) is 35.0 Å². The van der Waals surface area contributed by atoms with Gasteiger partial charge in [0.1, 0.15) is 5.75 Å². The van der Waals surface area contributed by atoms with Gasteiger partial charge in [-0.15, -0.1) is 24.0 Å². The summed E-state index contributed by atoms with van der Waals surface area (Å²) in [5.74, 6) is 3.85. The van der Waals surface area contributed by atoms with Crippen molar-refractivity contribution >= 4 is 29.9 Å². The van der Waals surface area contributed by atoms with Crippen molar-refractivity contribution in [1.82, 2.24) is 10.6 Å². The number of nitrogens with zero attached hydrogens (tertiary/aromatic N) is 1. The Labute approximate surface area is 202 Å². The van der Waals surface area contributed by atoms with Gasteiger partial charge in [-0.05, 0) is 29.7 Å². The van der Waals surface area contributed by atoms with E-state index in [2.05, 4.69) is 35.5 Å². The number of benzene rings is 2. The summed E-state index contributed by atoms with van der Waals surface area (Å²) in [6, 6.07) is 11.9. The molecule has 0 aliphatic carbocycles. The van der Waals surface area contributed by atoms with Crippen molar-refractivity contribution in [2.45, 2.75) is 26.9 Å². The molecule has 0 aromatic heterocycles. The van der Waals surface area contributed by atoms with Gasteiger partial charge in [0.25, 0.3) is 0 Å². The molecule has 0 radical (unpaired) electrons. The first-order chi connectivity index (χ1) is 14.5. The number of nitrogens with one attached hydrogen (secondary N) is 2. The largest absolute Gasteiger partial charge is 0.493 e. The molecule has 0 atom stereocenters. The average Bonchev–Trinajstić information content (AvgIpc) is 2.77. The van der Waals surface area contributed by atoms with Crippen LogP contribution in [0.4, 0.5) is 0 Å². The highest BCUT2D eigenvalue weighted by molar-refractivity contribution is 14.0. The van der Waals surface area contributed by atoms with Crippen LogP contribution in [-0.4, -0.2) is 40.9 Å². The van der Waals surface area contributed by atoms with Crippen molar-refractivity contribution in [1.29, 1.82) is 0 Å². The van der Waals surface area contributed by atoms with Gasteiger partial charge in [0.15, 0.2) is 17.5 Å². The predicted octanol–water partition coefficient (Wildman–Crippen LogP) is 4.23. The monoisotopic (exact) mass is 543 g/mol. The van der Waals surface area contributed by atoms with Crippen molar-refractivity contribution < 1.29 is 18.9 Å². The Hall–Kier alpha value is -2.36. The topological polar surface area (TPSA) is 73.3 Å². The molecule has 0 fully saturated rings. The van der Waals surface area contributed by atoms with Crippen molar-refractivity contribution in [3.63, 3.8) is 0 Å². The third-order valence-corrected chi connectivity index (χ3v) is 4.40. The maximum absolute atomic E-state index is 5.93. The number of aliphatic imine (C=N–C) groups is 1. The van der Waals surface area contributed by atoms with Crippen LogP contribution in [0, 0.1) is 5.92 Å². The molecule has 0 saturated carbocycles. The van der Waals surface area contributed by atoms with E-state index in [1.54, 1.807) is 28.4 Å². The number of hydrogen-bond acceptors (Lipinski definition) is 5. The molecule has 0 unspecified atom stereocenters. The number of methoxy groups -OCH3 is 3. The van der Waals surface area contributed by atoms with Crippen LogP contribution in [-0.2, 0) is 13.1 Å². The van der Waals surface area contributed by atoms with Gasteiger partial charge >= 0.3 is 0 Å². The minimum absolute atomic E-state index is 0. The summed E-state index contributed by atoms with van der Waals surface area (Å²) in [5.41, 5.74) is 2.06. The molecule has 0 heterocycles. The Balaban J connectivity index is 0.00000480. The van der Waals surface area contributed by atoms with Crippen LogP contribution >= 0.6 is 24.0 Å². The zero-order valence-corrected chi connectivity index (χ0v) is 21.5. The van der Waals surface area contributed by atoms with Crippen LogP contribution in [0.5, 0.6) is 23.0 Å². The summed E-state index contributed by atoms with van der Waals surface area (Å²) in [5, 5.41) is 6.65. The van der Waals surface area contributed by atoms with E-state index in [4.69, 9.17) is 18.9 Å². The van der Waals surface area contributed by atoms with Crippen molar-refractivity contribution in [2.24, 2.45) is 10.9 Å². The molecule has 2 aromatic carbocycles. The molecule has 0 bridgehead atoms. The molecular formula is C23H34IN3O4. The summed E-state index contributed by atoms with van der Waals surface area (Å²) < 4.78 is 22.1. The van der Waals surface area contributed by atoms with Crippen LogP contribution in [0.3, 0.4) is 0 Å². The quantitative estimate of drug-likeness (QED) is 0.266. The second-order valence-corrected chi connectivity index (χ2v) is 7.13. The van der Waals surface area contributed by atoms with E-state index in [1.807, 2.05) is 30.3 Å². The zero-order chi connectivity index (χ0) is 21.9. The molecule has 2 rings (SSSR count). The predicted molar refractivity (Wildman–Crippen MR) is 135 cm³/mol. The highest BCUT2D eigenvalue weighted by Gasteiger charge is 2.13. The highest BCUT2D eigenvalue weighted by Crippen LogP contribution is 2.38. The number of ether oxygens (including phenoxy) is 4. The molecule has 0 aliphatic rings. The first kappa shape index (κ1) is 26.7. The summed E-state index contributed by atoms with van der Waals surface area (Å²) in [7, 11) is 6.54. The SMILES string of the molecule is CN=C(NCc1cc(OC)c(OC)c(OC)c1)NCc1ccccc1OCC(C)C.I. The molecular weight excluding hydrogens is 509 g/mol. The maximum atomic E-state index is 5.93. The van der Waals surface area contributed by atoms with E-state index in [0.29, 0.717) is 48.8 Å². The number of halogens is 1. The van der Waals surface area contributed by atoms with E-state index >= 15 is 0 Å². The molecule has 2 N–H and O–H groups in total. The standard InChI is InChI=1S/C23H33N3O4.HI/c1-16(2)15-30-19-10-8-7-9-18(19)14-26-23(24-3)25-13-17-11-20(27-4)22(29-6)21(12-17)28-5;/h7-12,16H,13-15H2,1-6H3,(H2,24,25,26);1H. The van der Waals surface area contributed by atoms with Gasteiger partial charge in [0, 0.05) is 25.7 Å². The lowest BCUT2D eigenvalue weighted by atomic mass is 10.1. The molecule has 31 heavy (non-hydrogen) atoms. The molecule has 0 saturated heterocycles. The molecule has 7 nitrogen and oxygen atoms in total.